The van der Waals surface area contributed by atoms with E-state index >= 15 is 0 Å². The number of piperazine rings is 1. The van der Waals surface area contributed by atoms with E-state index in [9.17, 15) is 0 Å². The number of benzene rings is 2. The number of nitrogens with zero attached hydrogens (tertiary/aromatic N) is 1. The summed E-state index contributed by atoms with van der Waals surface area (Å²) < 4.78 is 1.14. The molecule has 0 atom stereocenters. The van der Waals surface area contributed by atoms with Crippen molar-refractivity contribution in [3.05, 3.63) is 40.9 Å². The van der Waals surface area contributed by atoms with Crippen LogP contribution in [0.25, 0.3) is 10.8 Å². The normalized spacial score (nSPS) is 16.4. The van der Waals surface area contributed by atoms with Crippen molar-refractivity contribution in [3.63, 3.8) is 0 Å². The van der Waals surface area contributed by atoms with Crippen molar-refractivity contribution in [3.8, 4) is 0 Å². The molecular weight excluding hydrogens is 276 g/mol. The minimum Gasteiger partial charge on any atom is -0.369 e. The monoisotopic (exact) mass is 290 g/mol. The summed E-state index contributed by atoms with van der Waals surface area (Å²) >= 11 is 3.53. The van der Waals surface area contributed by atoms with Crippen LogP contribution in [0.3, 0.4) is 0 Å². The third-order valence-corrected chi connectivity index (χ3v) is 3.76. The minimum atomic E-state index is 1.08. The summed E-state index contributed by atoms with van der Waals surface area (Å²) in [6, 6.07) is 13.1. The Kier molecular flexibility index (Phi) is 3.04. The number of fused-ring (bicyclic) bond motifs is 1. The molecule has 0 amide bonds. The molecule has 0 aromatic heterocycles. The lowest BCUT2D eigenvalue weighted by Gasteiger charge is -2.29. The zero-order chi connectivity index (χ0) is 11.7. The first-order valence-corrected chi connectivity index (χ1v) is 6.77. The van der Waals surface area contributed by atoms with Gasteiger partial charge in [0.2, 0.25) is 0 Å². The van der Waals surface area contributed by atoms with Crippen molar-refractivity contribution in [2.24, 2.45) is 0 Å². The number of hydrogen-bond acceptors (Lipinski definition) is 2. The number of rotatable bonds is 1. The summed E-state index contributed by atoms with van der Waals surface area (Å²) in [4.78, 5) is 2.44. The van der Waals surface area contributed by atoms with Crippen LogP contribution in [0.2, 0.25) is 0 Å². The van der Waals surface area contributed by atoms with E-state index in [0.29, 0.717) is 0 Å². The molecule has 3 rings (SSSR count). The van der Waals surface area contributed by atoms with E-state index in [2.05, 4.69) is 62.5 Å². The van der Waals surface area contributed by atoms with Crippen molar-refractivity contribution >= 4 is 32.4 Å². The lowest BCUT2D eigenvalue weighted by Crippen LogP contribution is -2.43. The molecule has 0 saturated carbocycles. The van der Waals surface area contributed by atoms with Gasteiger partial charge in [-0.1, -0.05) is 28.1 Å². The van der Waals surface area contributed by atoms with E-state index in [-0.39, 0.29) is 0 Å². The van der Waals surface area contributed by atoms with Gasteiger partial charge in [-0.2, -0.15) is 0 Å². The van der Waals surface area contributed by atoms with Gasteiger partial charge in [0.25, 0.3) is 0 Å². The molecule has 1 N–H and O–H groups in total. The second kappa shape index (κ2) is 4.67. The number of halogens is 1. The van der Waals surface area contributed by atoms with Gasteiger partial charge in [-0.25, -0.2) is 0 Å². The maximum atomic E-state index is 3.53. The first kappa shape index (κ1) is 11.1. The SMILES string of the molecule is Brc1ccc2ccc(N3CCNCC3)cc2c1. The van der Waals surface area contributed by atoms with Gasteiger partial charge in [0, 0.05) is 36.3 Å². The molecule has 1 heterocycles. The molecule has 17 heavy (non-hydrogen) atoms. The van der Waals surface area contributed by atoms with Gasteiger partial charge in [0.1, 0.15) is 0 Å². The highest BCUT2D eigenvalue weighted by atomic mass is 79.9. The van der Waals surface area contributed by atoms with Crippen LogP contribution in [0.5, 0.6) is 0 Å². The first-order chi connectivity index (χ1) is 8.33. The van der Waals surface area contributed by atoms with Crippen LogP contribution >= 0.6 is 15.9 Å². The second-order valence-electron chi connectivity index (χ2n) is 4.41. The van der Waals surface area contributed by atoms with E-state index in [4.69, 9.17) is 0 Å². The van der Waals surface area contributed by atoms with E-state index in [1.807, 2.05) is 0 Å². The number of hydrogen-bond donors (Lipinski definition) is 1. The van der Waals surface area contributed by atoms with Gasteiger partial charge in [-0.3, -0.25) is 0 Å². The van der Waals surface area contributed by atoms with Crippen molar-refractivity contribution in [2.45, 2.75) is 0 Å². The number of anilines is 1. The standard InChI is InChI=1S/C14H15BrN2/c15-13-3-1-11-2-4-14(10-12(11)9-13)17-7-5-16-6-8-17/h1-4,9-10,16H,5-8H2. The summed E-state index contributed by atoms with van der Waals surface area (Å²) in [5, 5.41) is 5.98. The molecular formula is C14H15BrN2. The van der Waals surface area contributed by atoms with E-state index < -0.39 is 0 Å². The van der Waals surface area contributed by atoms with E-state index in [1.54, 1.807) is 0 Å². The van der Waals surface area contributed by atoms with Gasteiger partial charge >= 0.3 is 0 Å². The largest absolute Gasteiger partial charge is 0.369 e. The average Bonchev–Trinajstić information content (AvgIpc) is 2.39. The predicted molar refractivity (Wildman–Crippen MR) is 76.7 cm³/mol. The Morgan fingerprint density at radius 1 is 0.941 bits per heavy atom. The lowest BCUT2D eigenvalue weighted by atomic mass is 10.1. The maximum absolute atomic E-state index is 3.53. The molecule has 2 aromatic carbocycles. The van der Waals surface area contributed by atoms with Crippen LogP contribution in [0, 0.1) is 0 Å². The fourth-order valence-corrected chi connectivity index (χ4v) is 2.70. The van der Waals surface area contributed by atoms with Crippen molar-refractivity contribution in [1.82, 2.24) is 5.32 Å². The van der Waals surface area contributed by atoms with E-state index in [1.165, 1.54) is 16.5 Å². The van der Waals surface area contributed by atoms with Gasteiger partial charge in [0.15, 0.2) is 0 Å². The van der Waals surface area contributed by atoms with Gasteiger partial charge < -0.3 is 10.2 Å². The number of nitrogens with one attached hydrogen (secondary N) is 1. The molecule has 3 heteroatoms. The molecule has 0 spiro atoms. The summed E-state index contributed by atoms with van der Waals surface area (Å²) in [5.74, 6) is 0. The third-order valence-electron chi connectivity index (χ3n) is 3.27. The Morgan fingerprint density at radius 3 is 2.53 bits per heavy atom. The van der Waals surface area contributed by atoms with Crippen LogP contribution in [0.15, 0.2) is 40.9 Å². The second-order valence-corrected chi connectivity index (χ2v) is 5.33. The Bertz CT molecular complexity index is 533. The third kappa shape index (κ3) is 2.31. The smallest absolute Gasteiger partial charge is 0.0373 e. The Balaban J connectivity index is 1.99. The fraction of sp³-hybridized carbons (Fsp3) is 0.286. The molecule has 2 nitrogen and oxygen atoms in total. The molecule has 2 aromatic rings. The lowest BCUT2D eigenvalue weighted by molar-refractivity contribution is 0.589. The molecule has 0 radical (unpaired) electrons. The van der Waals surface area contributed by atoms with Crippen LogP contribution in [0.4, 0.5) is 5.69 Å². The fourth-order valence-electron chi connectivity index (χ4n) is 2.32. The molecule has 0 bridgehead atoms. The zero-order valence-corrected chi connectivity index (χ0v) is 11.2. The van der Waals surface area contributed by atoms with Crippen LogP contribution in [-0.4, -0.2) is 26.2 Å². The molecule has 1 aliphatic heterocycles. The Hall–Kier alpha value is -1.06. The van der Waals surface area contributed by atoms with Crippen LogP contribution in [-0.2, 0) is 0 Å². The molecule has 1 fully saturated rings. The maximum Gasteiger partial charge on any atom is 0.0373 e. The average molecular weight is 291 g/mol. The topological polar surface area (TPSA) is 15.3 Å². The molecule has 0 aliphatic carbocycles. The van der Waals surface area contributed by atoms with Gasteiger partial charge in [-0.15, -0.1) is 0 Å². The van der Waals surface area contributed by atoms with Crippen molar-refractivity contribution < 1.29 is 0 Å². The van der Waals surface area contributed by atoms with Gasteiger partial charge in [0.05, 0.1) is 0 Å². The van der Waals surface area contributed by atoms with Crippen LogP contribution < -0.4 is 10.2 Å². The molecule has 0 unspecified atom stereocenters. The summed E-state index contributed by atoms with van der Waals surface area (Å²) in [5.41, 5.74) is 1.33. The van der Waals surface area contributed by atoms with Crippen LogP contribution in [0.1, 0.15) is 0 Å². The predicted octanol–water partition coefficient (Wildman–Crippen LogP) is 3.01. The van der Waals surface area contributed by atoms with Crippen molar-refractivity contribution in [1.29, 1.82) is 0 Å². The molecule has 1 aliphatic rings. The van der Waals surface area contributed by atoms with Gasteiger partial charge in [-0.05, 0) is 35.0 Å². The van der Waals surface area contributed by atoms with Crippen molar-refractivity contribution in [2.75, 3.05) is 31.1 Å². The Morgan fingerprint density at radius 2 is 1.71 bits per heavy atom. The highest BCUT2D eigenvalue weighted by Gasteiger charge is 2.10. The quantitative estimate of drug-likeness (QED) is 0.869. The minimum absolute atomic E-state index is 1.08. The molecule has 88 valence electrons. The summed E-state index contributed by atoms with van der Waals surface area (Å²) in [7, 11) is 0. The summed E-state index contributed by atoms with van der Waals surface area (Å²) in [6.45, 7) is 4.35. The molecule has 1 saturated heterocycles. The van der Waals surface area contributed by atoms with E-state index in [0.717, 1.165) is 30.7 Å². The highest BCUT2D eigenvalue weighted by Crippen LogP contribution is 2.25. The highest BCUT2D eigenvalue weighted by molar-refractivity contribution is 9.10. The Labute approximate surface area is 110 Å². The first-order valence-electron chi connectivity index (χ1n) is 5.98. The zero-order valence-electron chi connectivity index (χ0n) is 9.62. The summed E-state index contributed by atoms with van der Waals surface area (Å²) in [6.07, 6.45) is 0.